The molecule has 1 aromatic rings. The average Bonchev–Trinajstić information content (AvgIpc) is 2.55. The van der Waals surface area contributed by atoms with Crippen LogP contribution in [0.3, 0.4) is 0 Å². The summed E-state index contributed by atoms with van der Waals surface area (Å²) < 4.78 is 14.6. The quantitative estimate of drug-likeness (QED) is 0.488. The SMILES string of the molecule is CCNC(=NCc1ccc(Br)cc1F)NC1CCN(CC(N)=O)CC1. The number of hydrogen-bond acceptors (Lipinski definition) is 3. The van der Waals surface area contributed by atoms with Gasteiger partial charge >= 0.3 is 0 Å². The van der Waals surface area contributed by atoms with Gasteiger partial charge in [-0.3, -0.25) is 9.69 Å². The van der Waals surface area contributed by atoms with Crippen molar-refractivity contribution in [1.29, 1.82) is 0 Å². The molecule has 0 bridgehead atoms. The summed E-state index contributed by atoms with van der Waals surface area (Å²) in [5.41, 5.74) is 5.79. The fourth-order valence-electron chi connectivity index (χ4n) is 2.78. The molecule has 2 rings (SSSR count). The van der Waals surface area contributed by atoms with Crippen molar-refractivity contribution in [3.63, 3.8) is 0 Å². The topological polar surface area (TPSA) is 82.8 Å². The summed E-state index contributed by atoms with van der Waals surface area (Å²) in [6.07, 6.45) is 1.81. The Bertz CT molecular complexity index is 617. The molecular weight excluding hydrogens is 389 g/mol. The van der Waals surface area contributed by atoms with E-state index in [4.69, 9.17) is 5.73 Å². The Kier molecular flexibility index (Phi) is 7.64. The largest absolute Gasteiger partial charge is 0.369 e. The number of nitrogens with zero attached hydrogens (tertiary/aromatic N) is 2. The van der Waals surface area contributed by atoms with Crippen molar-refractivity contribution in [3.8, 4) is 0 Å². The van der Waals surface area contributed by atoms with Crippen molar-refractivity contribution in [2.45, 2.75) is 32.4 Å². The third-order valence-corrected chi connectivity index (χ3v) is 4.57. The van der Waals surface area contributed by atoms with Gasteiger partial charge in [0, 0.05) is 35.7 Å². The van der Waals surface area contributed by atoms with Crippen molar-refractivity contribution in [2.75, 3.05) is 26.2 Å². The van der Waals surface area contributed by atoms with Gasteiger partial charge in [0.15, 0.2) is 5.96 Å². The van der Waals surface area contributed by atoms with Crippen LogP contribution in [0.25, 0.3) is 0 Å². The summed E-state index contributed by atoms with van der Waals surface area (Å²) in [4.78, 5) is 17.5. The lowest BCUT2D eigenvalue weighted by Crippen LogP contribution is -2.49. The minimum atomic E-state index is -0.294. The zero-order valence-corrected chi connectivity index (χ0v) is 16.0. The lowest BCUT2D eigenvalue weighted by molar-refractivity contribution is -0.119. The number of nitrogens with two attached hydrogens (primary N) is 1. The van der Waals surface area contributed by atoms with Crippen LogP contribution in [-0.4, -0.2) is 49.0 Å². The van der Waals surface area contributed by atoms with Gasteiger partial charge in [-0.25, -0.2) is 9.38 Å². The maximum Gasteiger partial charge on any atom is 0.231 e. The van der Waals surface area contributed by atoms with E-state index in [0.29, 0.717) is 22.5 Å². The number of carbonyl (C=O) groups is 1. The van der Waals surface area contributed by atoms with Crippen LogP contribution in [0.15, 0.2) is 27.7 Å². The molecule has 0 radical (unpaired) electrons. The fourth-order valence-corrected chi connectivity index (χ4v) is 3.12. The van der Waals surface area contributed by atoms with Crippen molar-refractivity contribution in [2.24, 2.45) is 10.7 Å². The van der Waals surface area contributed by atoms with Crippen LogP contribution in [0, 0.1) is 5.82 Å². The van der Waals surface area contributed by atoms with Gasteiger partial charge < -0.3 is 16.4 Å². The average molecular weight is 414 g/mol. The number of hydrogen-bond donors (Lipinski definition) is 3. The number of likely N-dealkylation sites (tertiary alicyclic amines) is 1. The Hall–Kier alpha value is -1.67. The molecule has 1 amide bonds. The second-order valence-corrected chi connectivity index (χ2v) is 7.01. The number of primary amides is 1. The van der Waals surface area contributed by atoms with Crippen molar-refractivity contribution < 1.29 is 9.18 Å². The molecule has 1 heterocycles. The van der Waals surface area contributed by atoms with Crippen molar-refractivity contribution in [1.82, 2.24) is 15.5 Å². The number of aliphatic imine (C=N–C) groups is 1. The standard InChI is InChI=1S/C17H25BrFN5O/c1-2-21-17(22-10-12-3-4-13(18)9-15(12)19)23-14-5-7-24(8-6-14)11-16(20)25/h3-4,9,14H,2,5-8,10-11H2,1H3,(H2,20,25)(H2,21,22,23). The Labute approximate surface area is 156 Å². The first-order chi connectivity index (χ1) is 12.0. The third-order valence-electron chi connectivity index (χ3n) is 4.07. The van der Waals surface area contributed by atoms with E-state index in [0.717, 1.165) is 32.5 Å². The van der Waals surface area contributed by atoms with Crippen LogP contribution in [0.2, 0.25) is 0 Å². The number of amides is 1. The van der Waals surface area contributed by atoms with Gasteiger partial charge in [-0.2, -0.15) is 0 Å². The van der Waals surface area contributed by atoms with Crippen LogP contribution >= 0.6 is 15.9 Å². The van der Waals surface area contributed by atoms with E-state index in [-0.39, 0.29) is 24.3 Å². The first-order valence-electron chi connectivity index (χ1n) is 8.47. The van der Waals surface area contributed by atoms with Gasteiger partial charge in [0.1, 0.15) is 5.82 Å². The summed E-state index contributed by atoms with van der Waals surface area (Å²) in [5.74, 6) is 0.115. The molecule has 0 aromatic heterocycles. The van der Waals surface area contributed by atoms with Gasteiger partial charge in [-0.05, 0) is 31.9 Å². The highest BCUT2D eigenvalue weighted by Gasteiger charge is 2.20. The van der Waals surface area contributed by atoms with Crippen LogP contribution in [0.5, 0.6) is 0 Å². The first-order valence-corrected chi connectivity index (χ1v) is 9.26. The molecule has 8 heteroatoms. The third kappa shape index (κ3) is 6.62. The predicted octanol–water partition coefficient (Wildman–Crippen LogP) is 1.59. The molecule has 25 heavy (non-hydrogen) atoms. The van der Waals surface area contributed by atoms with E-state index < -0.39 is 0 Å². The molecule has 0 saturated carbocycles. The van der Waals surface area contributed by atoms with Crippen LogP contribution in [0.4, 0.5) is 4.39 Å². The summed E-state index contributed by atoms with van der Waals surface area (Å²) in [6, 6.07) is 5.26. The number of benzene rings is 1. The van der Waals surface area contributed by atoms with Crippen LogP contribution in [0.1, 0.15) is 25.3 Å². The lowest BCUT2D eigenvalue weighted by Gasteiger charge is -2.32. The smallest absolute Gasteiger partial charge is 0.231 e. The first kappa shape index (κ1) is 19.7. The Balaban J connectivity index is 1.91. The molecule has 0 aliphatic carbocycles. The highest BCUT2D eigenvalue weighted by atomic mass is 79.9. The highest BCUT2D eigenvalue weighted by Crippen LogP contribution is 2.16. The minimum Gasteiger partial charge on any atom is -0.369 e. The Morgan fingerprint density at radius 2 is 2.16 bits per heavy atom. The number of guanidine groups is 1. The molecular formula is C17H25BrFN5O. The molecule has 1 aromatic carbocycles. The van der Waals surface area contributed by atoms with Crippen molar-refractivity contribution in [3.05, 3.63) is 34.1 Å². The fraction of sp³-hybridized carbons (Fsp3) is 0.529. The molecule has 0 spiro atoms. The second kappa shape index (κ2) is 9.72. The molecule has 1 fully saturated rings. The van der Waals surface area contributed by atoms with E-state index in [1.165, 1.54) is 6.07 Å². The van der Waals surface area contributed by atoms with Gasteiger partial charge in [0.2, 0.25) is 5.91 Å². The molecule has 4 N–H and O–H groups in total. The molecule has 1 saturated heterocycles. The van der Waals surface area contributed by atoms with Crippen LogP contribution < -0.4 is 16.4 Å². The van der Waals surface area contributed by atoms with E-state index in [1.54, 1.807) is 6.07 Å². The van der Waals surface area contributed by atoms with Crippen molar-refractivity contribution >= 4 is 27.8 Å². The highest BCUT2D eigenvalue weighted by molar-refractivity contribution is 9.10. The Morgan fingerprint density at radius 1 is 1.44 bits per heavy atom. The van der Waals surface area contributed by atoms with Gasteiger partial charge in [0.05, 0.1) is 13.1 Å². The van der Waals surface area contributed by atoms with Crippen LogP contribution in [-0.2, 0) is 11.3 Å². The zero-order valence-electron chi connectivity index (χ0n) is 14.4. The van der Waals surface area contributed by atoms with Gasteiger partial charge in [-0.1, -0.05) is 22.0 Å². The minimum absolute atomic E-state index is 0.270. The second-order valence-electron chi connectivity index (χ2n) is 6.09. The maximum absolute atomic E-state index is 13.9. The molecule has 6 nitrogen and oxygen atoms in total. The zero-order chi connectivity index (χ0) is 18.2. The number of nitrogens with one attached hydrogen (secondary N) is 2. The lowest BCUT2D eigenvalue weighted by atomic mass is 10.1. The Morgan fingerprint density at radius 3 is 2.76 bits per heavy atom. The molecule has 1 aliphatic heterocycles. The van der Waals surface area contributed by atoms with E-state index in [2.05, 4.69) is 36.5 Å². The predicted molar refractivity (Wildman–Crippen MR) is 101 cm³/mol. The monoisotopic (exact) mass is 413 g/mol. The number of piperidine rings is 1. The number of carbonyl (C=O) groups excluding carboxylic acids is 1. The van der Waals surface area contributed by atoms with E-state index >= 15 is 0 Å². The van der Waals surface area contributed by atoms with Gasteiger partial charge in [-0.15, -0.1) is 0 Å². The molecule has 0 unspecified atom stereocenters. The van der Waals surface area contributed by atoms with Gasteiger partial charge in [0.25, 0.3) is 0 Å². The summed E-state index contributed by atoms with van der Waals surface area (Å²) in [5, 5.41) is 6.59. The van der Waals surface area contributed by atoms with E-state index in [1.807, 2.05) is 13.0 Å². The molecule has 0 atom stereocenters. The normalized spacial score (nSPS) is 16.7. The summed E-state index contributed by atoms with van der Waals surface area (Å²) in [7, 11) is 0. The maximum atomic E-state index is 13.9. The number of rotatable bonds is 6. The summed E-state index contributed by atoms with van der Waals surface area (Å²) in [6.45, 7) is 4.95. The van der Waals surface area contributed by atoms with E-state index in [9.17, 15) is 9.18 Å². The molecule has 1 aliphatic rings. The molecule has 138 valence electrons. The number of halogens is 2. The summed E-state index contributed by atoms with van der Waals surface area (Å²) >= 11 is 3.25.